The van der Waals surface area contributed by atoms with Crippen LogP contribution in [-0.4, -0.2) is 36.5 Å². The van der Waals surface area contributed by atoms with Gasteiger partial charge in [0.25, 0.3) is 0 Å². The fourth-order valence-corrected chi connectivity index (χ4v) is 0.879. The van der Waals surface area contributed by atoms with Gasteiger partial charge in [0, 0.05) is 0 Å². The summed E-state index contributed by atoms with van der Waals surface area (Å²) in [6.07, 6.45) is 0. The van der Waals surface area contributed by atoms with E-state index in [0.717, 1.165) is 0 Å². The van der Waals surface area contributed by atoms with Gasteiger partial charge in [-0.2, -0.15) is 0 Å². The molecule has 0 bridgehead atoms. The van der Waals surface area contributed by atoms with E-state index in [-0.39, 0.29) is 13.2 Å². The van der Waals surface area contributed by atoms with Gasteiger partial charge in [0.1, 0.15) is 0 Å². The minimum absolute atomic E-state index is 0.0370. The van der Waals surface area contributed by atoms with E-state index >= 15 is 0 Å². The molecule has 0 aliphatic rings. The van der Waals surface area contributed by atoms with E-state index in [1.807, 2.05) is 14.9 Å². The van der Waals surface area contributed by atoms with Crippen LogP contribution in [0.3, 0.4) is 0 Å². The van der Waals surface area contributed by atoms with Crippen LogP contribution in [0.5, 0.6) is 0 Å². The normalized spacial score (nSPS) is 11.8. The summed E-state index contributed by atoms with van der Waals surface area (Å²) in [4.78, 5) is 0. The average Bonchev–Trinajstić information content (AvgIpc) is 1.59. The molecule has 0 rings (SSSR count). The van der Waals surface area contributed by atoms with Crippen LogP contribution in [-0.2, 0) is 12.7 Å². The molecule has 4 nitrogen and oxygen atoms in total. The molecule has 49 valence electrons. The van der Waals surface area contributed by atoms with Gasteiger partial charge < -0.3 is 0 Å². The standard InChI is InChI=1S/C2H6NO3SSe/c3-1-2-6-7(4,5)8/h1-3H2. The maximum absolute atomic E-state index is 10.1. The summed E-state index contributed by atoms with van der Waals surface area (Å²) in [5, 5.41) is 0. The topological polar surface area (TPSA) is 69.4 Å². The Morgan fingerprint density at radius 1 is 1.62 bits per heavy atom. The molecule has 2 N–H and O–H groups in total. The molecule has 0 aromatic rings. The molecule has 0 heterocycles. The molecule has 6 heteroatoms. The zero-order valence-electron chi connectivity index (χ0n) is 4.03. The van der Waals surface area contributed by atoms with Crippen molar-refractivity contribution in [3.8, 4) is 0 Å². The number of hydrogen-bond acceptors (Lipinski definition) is 4. The first-order valence-electron chi connectivity index (χ1n) is 1.86. The Labute approximate surface area is 55.4 Å². The SMILES string of the molecule is NCCOS(=O)(=O)[Se]. The summed E-state index contributed by atoms with van der Waals surface area (Å²) in [7, 11) is -3.39. The zero-order valence-corrected chi connectivity index (χ0v) is 6.56. The molecule has 0 aliphatic heterocycles. The first kappa shape index (κ1) is 8.39. The number of nitrogens with two attached hydrogens (primary N) is 1. The third kappa shape index (κ3) is 6.39. The summed E-state index contributed by atoms with van der Waals surface area (Å²) < 4.78 is 24.3. The van der Waals surface area contributed by atoms with Crippen molar-refractivity contribution < 1.29 is 12.6 Å². The van der Waals surface area contributed by atoms with Crippen molar-refractivity contribution in [1.82, 2.24) is 0 Å². The van der Waals surface area contributed by atoms with Crippen molar-refractivity contribution in [1.29, 1.82) is 0 Å². The Bertz CT molecular complexity index is 141. The third-order valence-electron chi connectivity index (χ3n) is 0.346. The first-order valence-corrected chi connectivity index (χ1v) is 5.29. The van der Waals surface area contributed by atoms with E-state index in [0.29, 0.717) is 0 Å². The van der Waals surface area contributed by atoms with E-state index in [1.54, 1.807) is 0 Å². The van der Waals surface area contributed by atoms with E-state index in [1.165, 1.54) is 0 Å². The van der Waals surface area contributed by atoms with Gasteiger partial charge in [-0.25, -0.2) is 0 Å². The van der Waals surface area contributed by atoms with E-state index in [2.05, 4.69) is 4.18 Å². The van der Waals surface area contributed by atoms with Crippen molar-refractivity contribution in [3.63, 3.8) is 0 Å². The van der Waals surface area contributed by atoms with Gasteiger partial charge >= 0.3 is 54.9 Å². The van der Waals surface area contributed by atoms with Crippen molar-refractivity contribution in [2.45, 2.75) is 0 Å². The van der Waals surface area contributed by atoms with Crippen LogP contribution in [0.1, 0.15) is 0 Å². The molecule has 0 saturated carbocycles. The fraction of sp³-hybridized carbons (Fsp3) is 1.00. The van der Waals surface area contributed by atoms with Crippen LogP contribution in [0, 0.1) is 0 Å². The van der Waals surface area contributed by atoms with Gasteiger partial charge in [0.15, 0.2) is 0 Å². The van der Waals surface area contributed by atoms with E-state index in [4.69, 9.17) is 5.73 Å². The van der Waals surface area contributed by atoms with Crippen LogP contribution in [0.4, 0.5) is 0 Å². The Morgan fingerprint density at radius 3 is 2.25 bits per heavy atom. The summed E-state index contributed by atoms with van der Waals surface area (Å²) in [5.41, 5.74) is 4.93. The van der Waals surface area contributed by atoms with Crippen LogP contribution in [0.25, 0.3) is 0 Å². The van der Waals surface area contributed by atoms with Crippen LogP contribution in [0.15, 0.2) is 0 Å². The predicted molar refractivity (Wildman–Crippen MR) is 29.7 cm³/mol. The predicted octanol–water partition coefficient (Wildman–Crippen LogP) is -1.62. The Kier molecular flexibility index (Phi) is 3.59. The van der Waals surface area contributed by atoms with Gasteiger partial charge in [-0.1, -0.05) is 0 Å². The summed E-state index contributed by atoms with van der Waals surface area (Å²) >= 11 is 1.85. The van der Waals surface area contributed by atoms with E-state index in [9.17, 15) is 8.42 Å². The van der Waals surface area contributed by atoms with Gasteiger partial charge in [-0.05, 0) is 0 Å². The zero-order chi connectivity index (χ0) is 6.62. The number of hydrogen-bond donors (Lipinski definition) is 1. The second-order valence-corrected chi connectivity index (χ2v) is 4.64. The molecule has 0 fully saturated rings. The molecular formula is C2H6NO3SSe. The molecule has 1 radical (unpaired) electrons. The van der Waals surface area contributed by atoms with Gasteiger partial charge in [0.2, 0.25) is 0 Å². The molecule has 0 aliphatic carbocycles. The molecule has 0 aromatic heterocycles. The van der Waals surface area contributed by atoms with Crippen LogP contribution >= 0.6 is 0 Å². The molecule has 0 unspecified atom stereocenters. The van der Waals surface area contributed by atoms with Gasteiger partial charge in [-0.3, -0.25) is 0 Å². The molecular weight excluding hydrogens is 197 g/mol. The summed E-state index contributed by atoms with van der Waals surface area (Å²) in [5.74, 6) is 0. The third-order valence-corrected chi connectivity index (χ3v) is 1.41. The Morgan fingerprint density at radius 2 is 2.12 bits per heavy atom. The van der Waals surface area contributed by atoms with Crippen LogP contribution < -0.4 is 5.73 Å². The maximum atomic E-state index is 10.1. The second-order valence-electron chi connectivity index (χ2n) is 1.02. The molecule has 0 amide bonds. The summed E-state index contributed by atoms with van der Waals surface area (Å²) in [6, 6.07) is 0. The molecule has 0 atom stereocenters. The molecule has 0 aromatic carbocycles. The van der Waals surface area contributed by atoms with Crippen molar-refractivity contribution in [2.24, 2.45) is 5.73 Å². The van der Waals surface area contributed by atoms with Crippen molar-refractivity contribution in [2.75, 3.05) is 13.2 Å². The summed E-state index contributed by atoms with van der Waals surface area (Å²) in [6.45, 7) is 0.246. The minimum atomic E-state index is -3.39. The van der Waals surface area contributed by atoms with Gasteiger partial charge in [0.05, 0.1) is 0 Å². The Hall–Kier alpha value is 0.389. The quantitative estimate of drug-likeness (QED) is 0.559. The molecule has 0 saturated heterocycles. The van der Waals surface area contributed by atoms with Crippen molar-refractivity contribution >= 4 is 23.4 Å². The monoisotopic (exact) mass is 204 g/mol. The van der Waals surface area contributed by atoms with Crippen molar-refractivity contribution in [3.05, 3.63) is 0 Å². The number of rotatable bonds is 3. The molecule has 8 heavy (non-hydrogen) atoms. The fourth-order valence-electron chi connectivity index (χ4n) is 0.150. The van der Waals surface area contributed by atoms with Gasteiger partial charge in [-0.15, -0.1) is 0 Å². The first-order chi connectivity index (χ1) is 3.56. The van der Waals surface area contributed by atoms with E-state index < -0.39 is 8.54 Å². The average molecular weight is 203 g/mol. The molecule has 0 spiro atoms. The Balaban J connectivity index is 3.42. The van der Waals surface area contributed by atoms with Crippen LogP contribution in [0.2, 0.25) is 0 Å². The second kappa shape index (κ2) is 3.42.